The molecule has 0 heterocycles. The van der Waals surface area contributed by atoms with Crippen LogP contribution in [-0.4, -0.2) is 0 Å². The van der Waals surface area contributed by atoms with Crippen LogP contribution < -0.4 is 0 Å². The third kappa shape index (κ3) is 3.14. The van der Waals surface area contributed by atoms with Gasteiger partial charge >= 0.3 is 0 Å². The maximum Gasteiger partial charge on any atom is 0.0159 e. The van der Waals surface area contributed by atoms with Crippen LogP contribution in [0, 0.1) is 0 Å². The fourth-order valence-electron chi connectivity index (χ4n) is 9.15. The fraction of sp³-hybridized carbons (Fsp3) is 0.130. The van der Waals surface area contributed by atoms with Crippen LogP contribution in [0.25, 0.3) is 76.5 Å². The summed E-state index contributed by atoms with van der Waals surface area (Å²) in [6.07, 6.45) is 0. The molecule has 2 aliphatic carbocycles. The summed E-state index contributed by atoms with van der Waals surface area (Å²) in [7, 11) is 0. The molecule has 0 heteroatoms. The van der Waals surface area contributed by atoms with Gasteiger partial charge in [0.15, 0.2) is 0 Å². The van der Waals surface area contributed by atoms with Gasteiger partial charge in [0.05, 0.1) is 0 Å². The van der Waals surface area contributed by atoms with E-state index >= 15 is 0 Å². The minimum atomic E-state index is -0.182. The molecule has 0 aliphatic heterocycles. The zero-order valence-corrected chi connectivity index (χ0v) is 26.7. The Labute approximate surface area is 270 Å². The molecule has 0 nitrogen and oxygen atoms in total. The van der Waals surface area contributed by atoms with Crippen molar-refractivity contribution in [2.75, 3.05) is 0 Å². The van der Waals surface area contributed by atoms with Crippen LogP contribution in [-0.2, 0) is 10.8 Å². The quantitative estimate of drug-likeness (QED) is 0.189. The minimum absolute atomic E-state index is 0.182. The summed E-state index contributed by atoms with van der Waals surface area (Å²) in [6.45, 7) is 9.79. The highest BCUT2D eigenvalue weighted by Gasteiger charge is 2.43. The molecular formula is C46H34. The van der Waals surface area contributed by atoms with Gasteiger partial charge in [-0.2, -0.15) is 0 Å². The summed E-state index contributed by atoms with van der Waals surface area (Å²) in [5.74, 6) is 0. The Morgan fingerprint density at radius 3 is 1.15 bits per heavy atom. The van der Waals surface area contributed by atoms with E-state index in [1.165, 1.54) is 98.7 Å². The van der Waals surface area contributed by atoms with E-state index in [4.69, 9.17) is 0 Å². The van der Waals surface area contributed by atoms with E-state index in [0.29, 0.717) is 0 Å². The zero-order valence-electron chi connectivity index (χ0n) is 26.7. The molecule has 0 fully saturated rings. The molecule has 218 valence electrons. The van der Waals surface area contributed by atoms with Crippen LogP contribution in [0.3, 0.4) is 0 Å². The van der Waals surface area contributed by atoms with E-state index in [-0.39, 0.29) is 10.8 Å². The van der Waals surface area contributed by atoms with Gasteiger partial charge < -0.3 is 0 Å². The third-order valence-corrected chi connectivity index (χ3v) is 11.4. The van der Waals surface area contributed by atoms with Crippen molar-refractivity contribution in [3.05, 3.63) is 156 Å². The molecule has 0 N–H and O–H groups in total. The second-order valence-electron chi connectivity index (χ2n) is 14.5. The van der Waals surface area contributed by atoms with Gasteiger partial charge in [0.2, 0.25) is 0 Å². The first-order valence-electron chi connectivity index (χ1n) is 16.5. The monoisotopic (exact) mass is 586 g/mol. The zero-order chi connectivity index (χ0) is 30.9. The van der Waals surface area contributed by atoms with Gasteiger partial charge in [-0.25, -0.2) is 0 Å². The van der Waals surface area contributed by atoms with E-state index in [2.05, 4.69) is 161 Å². The molecule has 0 spiro atoms. The summed E-state index contributed by atoms with van der Waals surface area (Å²) < 4.78 is 0. The number of rotatable bonds is 2. The molecule has 0 saturated heterocycles. The Balaban J connectivity index is 1.41. The van der Waals surface area contributed by atoms with Crippen LogP contribution >= 0.6 is 0 Å². The van der Waals surface area contributed by atoms with Crippen LogP contribution in [0.4, 0.5) is 0 Å². The topological polar surface area (TPSA) is 0 Å². The second kappa shape index (κ2) is 8.74. The lowest BCUT2D eigenvalue weighted by molar-refractivity contribution is 0.628. The minimum Gasteiger partial charge on any atom is -0.0616 e. The number of hydrogen-bond donors (Lipinski definition) is 0. The number of fused-ring (bicyclic) bond motifs is 2. The largest absolute Gasteiger partial charge is 0.0616 e. The van der Waals surface area contributed by atoms with Crippen LogP contribution in [0.1, 0.15) is 49.9 Å². The SMILES string of the molecule is CC1(C)c2cc(-c3cccc4ccccc34)c3cccc4c3c2-c2c(cc(-c3cccc5ccccc35)c3cccc1c23)C4(C)C. The Morgan fingerprint density at radius 1 is 0.326 bits per heavy atom. The van der Waals surface area contributed by atoms with Gasteiger partial charge in [0.1, 0.15) is 0 Å². The van der Waals surface area contributed by atoms with Gasteiger partial charge in [-0.1, -0.05) is 149 Å². The summed E-state index contributed by atoms with van der Waals surface area (Å²) in [5, 5.41) is 10.8. The highest BCUT2D eigenvalue weighted by molar-refractivity contribution is 6.21. The standard InChI is InChI=1S/C46H34/c1-45(2)37-23-11-21-33-36(32-20-10-16-28-14-6-8-18-30(28)32)26-40-44(41(33)37)43-39(45)25-35(31-19-9-15-27-13-5-7-17-29(27)31)34-22-12-24-38(42(34)43)46(40,3)4/h5-26H,1-4H3. The van der Waals surface area contributed by atoms with Crippen molar-refractivity contribution >= 4 is 43.1 Å². The van der Waals surface area contributed by atoms with Crippen LogP contribution in [0.15, 0.2) is 133 Å². The molecule has 0 bridgehead atoms. The van der Waals surface area contributed by atoms with Crippen molar-refractivity contribution in [3.8, 4) is 33.4 Å². The predicted molar refractivity (Wildman–Crippen MR) is 197 cm³/mol. The molecule has 2 aliphatic rings. The number of benzene rings is 8. The van der Waals surface area contributed by atoms with Gasteiger partial charge in [-0.15, -0.1) is 0 Å². The average molecular weight is 587 g/mol. The fourth-order valence-corrected chi connectivity index (χ4v) is 9.15. The van der Waals surface area contributed by atoms with Crippen molar-refractivity contribution in [1.82, 2.24) is 0 Å². The van der Waals surface area contributed by atoms with Gasteiger partial charge in [-0.05, 0) is 111 Å². The maximum absolute atomic E-state index is 2.55. The Kier molecular flexibility index (Phi) is 4.95. The summed E-state index contributed by atoms with van der Waals surface area (Å²) in [4.78, 5) is 0. The first-order chi connectivity index (χ1) is 22.4. The third-order valence-electron chi connectivity index (χ3n) is 11.4. The highest BCUT2D eigenvalue weighted by Crippen LogP contribution is 2.61. The van der Waals surface area contributed by atoms with Gasteiger partial charge in [0.25, 0.3) is 0 Å². The molecule has 8 aromatic rings. The van der Waals surface area contributed by atoms with E-state index in [9.17, 15) is 0 Å². The number of hydrogen-bond acceptors (Lipinski definition) is 0. The van der Waals surface area contributed by atoms with E-state index in [1.54, 1.807) is 0 Å². The lowest BCUT2D eigenvalue weighted by atomic mass is 9.59. The maximum atomic E-state index is 2.55. The summed E-state index contributed by atoms with van der Waals surface area (Å²) >= 11 is 0. The first kappa shape index (κ1) is 26.1. The first-order valence-corrected chi connectivity index (χ1v) is 16.5. The highest BCUT2D eigenvalue weighted by atomic mass is 14.5. The van der Waals surface area contributed by atoms with Gasteiger partial charge in [-0.3, -0.25) is 0 Å². The van der Waals surface area contributed by atoms with Crippen LogP contribution in [0.5, 0.6) is 0 Å². The van der Waals surface area contributed by atoms with Crippen molar-refractivity contribution in [1.29, 1.82) is 0 Å². The van der Waals surface area contributed by atoms with E-state index in [0.717, 1.165) is 0 Å². The average Bonchev–Trinajstić information content (AvgIpc) is 3.08. The lowest BCUT2D eigenvalue weighted by Crippen LogP contribution is -2.30. The lowest BCUT2D eigenvalue weighted by Gasteiger charge is -2.44. The molecule has 10 rings (SSSR count). The molecule has 0 aromatic heterocycles. The molecule has 0 unspecified atom stereocenters. The molecule has 0 atom stereocenters. The molecule has 0 amide bonds. The molecular weight excluding hydrogens is 553 g/mol. The second-order valence-corrected chi connectivity index (χ2v) is 14.5. The Bertz CT molecular complexity index is 2430. The van der Waals surface area contributed by atoms with Crippen molar-refractivity contribution in [2.45, 2.75) is 38.5 Å². The molecule has 8 aromatic carbocycles. The smallest absolute Gasteiger partial charge is 0.0159 e. The van der Waals surface area contributed by atoms with Crippen molar-refractivity contribution in [2.24, 2.45) is 0 Å². The molecule has 46 heavy (non-hydrogen) atoms. The normalized spacial score (nSPS) is 15.3. The Morgan fingerprint density at radius 2 is 0.696 bits per heavy atom. The Hall–Kier alpha value is -5.20. The van der Waals surface area contributed by atoms with Crippen LogP contribution in [0.2, 0.25) is 0 Å². The van der Waals surface area contributed by atoms with Gasteiger partial charge in [0, 0.05) is 10.8 Å². The van der Waals surface area contributed by atoms with Crippen molar-refractivity contribution < 1.29 is 0 Å². The molecule has 0 saturated carbocycles. The van der Waals surface area contributed by atoms with Crippen molar-refractivity contribution in [3.63, 3.8) is 0 Å². The summed E-state index contributed by atoms with van der Waals surface area (Å²) in [5.41, 5.74) is 13.5. The molecule has 0 radical (unpaired) electrons. The predicted octanol–water partition coefficient (Wildman–Crippen LogP) is 12.6. The summed E-state index contributed by atoms with van der Waals surface area (Å²) in [6, 6.07) is 50.4. The van der Waals surface area contributed by atoms with E-state index < -0.39 is 0 Å². The van der Waals surface area contributed by atoms with E-state index in [1.807, 2.05) is 0 Å².